The zero-order valence-corrected chi connectivity index (χ0v) is 15.4. The molecule has 0 atom stereocenters. The molecule has 130 valence electrons. The molecular weight excluding hydrogens is 358 g/mol. The fourth-order valence-corrected chi connectivity index (χ4v) is 3.81. The molecule has 0 saturated carbocycles. The van der Waals surface area contributed by atoms with Gasteiger partial charge >= 0.3 is 0 Å². The molecule has 0 aliphatic carbocycles. The van der Waals surface area contributed by atoms with Crippen LogP contribution in [0, 0.1) is 0 Å². The summed E-state index contributed by atoms with van der Waals surface area (Å²) < 4.78 is 7.15. The number of benzene rings is 1. The number of hydrogen-bond donors (Lipinski definition) is 1. The standard InChI is InChI=1S/C16H17N5O2S2/c1-3-21-9-8-17-16(21)24-10-13-19-20-15(25-13)14(22)18-11-4-6-12(23-2)7-5-11/h4-9H,3,10H2,1-2H3,(H,18,22). The van der Waals surface area contributed by atoms with Gasteiger partial charge in [0.15, 0.2) is 5.16 Å². The highest BCUT2D eigenvalue weighted by molar-refractivity contribution is 7.98. The first kappa shape index (κ1) is 17.4. The van der Waals surface area contributed by atoms with Crippen LogP contribution in [0.1, 0.15) is 21.7 Å². The number of carbonyl (C=O) groups is 1. The highest BCUT2D eigenvalue weighted by Crippen LogP contribution is 2.24. The molecular formula is C16H17N5O2S2. The summed E-state index contributed by atoms with van der Waals surface area (Å²) in [4.78, 5) is 16.6. The van der Waals surface area contributed by atoms with Crippen molar-refractivity contribution in [1.82, 2.24) is 19.7 Å². The van der Waals surface area contributed by atoms with Crippen LogP contribution < -0.4 is 10.1 Å². The second-order valence-electron chi connectivity index (χ2n) is 4.97. The maximum absolute atomic E-state index is 12.3. The number of ether oxygens (including phenoxy) is 1. The summed E-state index contributed by atoms with van der Waals surface area (Å²) in [7, 11) is 1.60. The van der Waals surface area contributed by atoms with Gasteiger partial charge in [-0.15, -0.1) is 10.2 Å². The minimum Gasteiger partial charge on any atom is -0.497 e. The van der Waals surface area contributed by atoms with Gasteiger partial charge in [0, 0.05) is 24.6 Å². The largest absolute Gasteiger partial charge is 0.497 e. The number of carbonyl (C=O) groups excluding carboxylic acids is 1. The number of methoxy groups -OCH3 is 1. The van der Waals surface area contributed by atoms with E-state index >= 15 is 0 Å². The number of amides is 1. The van der Waals surface area contributed by atoms with E-state index in [2.05, 4.69) is 32.0 Å². The number of rotatable bonds is 7. The van der Waals surface area contributed by atoms with E-state index in [1.807, 2.05) is 6.20 Å². The average molecular weight is 375 g/mol. The highest BCUT2D eigenvalue weighted by atomic mass is 32.2. The van der Waals surface area contributed by atoms with E-state index in [-0.39, 0.29) is 5.91 Å². The highest BCUT2D eigenvalue weighted by Gasteiger charge is 2.14. The molecule has 1 amide bonds. The number of aryl methyl sites for hydroxylation is 1. The van der Waals surface area contributed by atoms with Crippen molar-refractivity contribution in [2.24, 2.45) is 0 Å². The van der Waals surface area contributed by atoms with Crippen molar-refractivity contribution in [3.05, 3.63) is 46.7 Å². The van der Waals surface area contributed by atoms with Crippen LogP contribution in [0.5, 0.6) is 5.75 Å². The molecule has 2 aromatic heterocycles. The topological polar surface area (TPSA) is 81.9 Å². The Labute approximate surface area is 153 Å². The predicted molar refractivity (Wildman–Crippen MR) is 98.3 cm³/mol. The van der Waals surface area contributed by atoms with Crippen molar-refractivity contribution in [3.8, 4) is 5.75 Å². The molecule has 0 saturated heterocycles. The van der Waals surface area contributed by atoms with Crippen molar-refractivity contribution in [2.45, 2.75) is 24.4 Å². The molecule has 0 spiro atoms. The maximum Gasteiger partial charge on any atom is 0.286 e. The van der Waals surface area contributed by atoms with Crippen LogP contribution in [-0.2, 0) is 12.3 Å². The predicted octanol–water partition coefficient (Wildman–Crippen LogP) is 3.31. The van der Waals surface area contributed by atoms with Gasteiger partial charge in [-0.25, -0.2) is 4.98 Å². The van der Waals surface area contributed by atoms with E-state index in [4.69, 9.17) is 4.74 Å². The van der Waals surface area contributed by atoms with E-state index in [0.717, 1.165) is 22.5 Å². The third kappa shape index (κ3) is 4.37. The smallest absolute Gasteiger partial charge is 0.286 e. The fourth-order valence-electron chi connectivity index (χ4n) is 2.07. The van der Waals surface area contributed by atoms with Crippen LogP contribution in [0.3, 0.4) is 0 Å². The Balaban J connectivity index is 1.59. The molecule has 0 fully saturated rings. The number of aromatic nitrogens is 4. The van der Waals surface area contributed by atoms with Gasteiger partial charge in [-0.3, -0.25) is 4.79 Å². The van der Waals surface area contributed by atoms with E-state index in [0.29, 0.717) is 16.4 Å². The second-order valence-corrected chi connectivity index (χ2v) is 6.97. The van der Waals surface area contributed by atoms with Gasteiger partial charge in [0.05, 0.1) is 12.9 Å². The summed E-state index contributed by atoms with van der Waals surface area (Å²) in [5, 5.41) is 12.9. The lowest BCUT2D eigenvalue weighted by atomic mass is 10.3. The van der Waals surface area contributed by atoms with Gasteiger partial charge in [0.1, 0.15) is 10.8 Å². The molecule has 0 aliphatic heterocycles. The van der Waals surface area contributed by atoms with Crippen LogP contribution in [0.15, 0.2) is 41.8 Å². The number of imidazole rings is 1. The van der Waals surface area contributed by atoms with Gasteiger partial charge in [-0.2, -0.15) is 0 Å². The Hall–Kier alpha value is -2.39. The van der Waals surface area contributed by atoms with Crippen LogP contribution >= 0.6 is 23.1 Å². The van der Waals surface area contributed by atoms with Crippen molar-refractivity contribution in [2.75, 3.05) is 12.4 Å². The first-order valence-corrected chi connectivity index (χ1v) is 9.41. The maximum atomic E-state index is 12.3. The zero-order valence-electron chi connectivity index (χ0n) is 13.8. The van der Waals surface area contributed by atoms with Crippen molar-refractivity contribution < 1.29 is 9.53 Å². The molecule has 0 aliphatic rings. The number of nitrogens with zero attached hydrogens (tertiary/aromatic N) is 4. The quantitative estimate of drug-likeness (QED) is 0.638. The normalized spacial score (nSPS) is 10.6. The molecule has 3 aromatic rings. The average Bonchev–Trinajstić information content (AvgIpc) is 3.29. The molecule has 9 heteroatoms. The molecule has 25 heavy (non-hydrogen) atoms. The second kappa shape index (κ2) is 8.13. The van der Waals surface area contributed by atoms with Crippen molar-refractivity contribution in [1.29, 1.82) is 0 Å². The van der Waals surface area contributed by atoms with Crippen molar-refractivity contribution in [3.63, 3.8) is 0 Å². The first-order chi connectivity index (χ1) is 12.2. The fraction of sp³-hybridized carbons (Fsp3) is 0.250. The van der Waals surface area contributed by atoms with Crippen LogP contribution in [-0.4, -0.2) is 32.8 Å². The molecule has 2 heterocycles. The summed E-state index contributed by atoms with van der Waals surface area (Å²) in [5.41, 5.74) is 0.682. The monoisotopic (exact) mass is 375 g/mol. The van der Waals surface area contributed by atoms with E-state index < -0.39 is 0 Å². The van der Waals surface area contributed by atoms with Crippen molar-refractivity contribution >= 4 is 34.7 Å². The van der Waals surface area contributed by atoms with E-state index in [9.17, 15) is 4.79 Å². The Bertz CT molecular complexity index is 844. The molecule has 0 unspecified atom stereocenters. The van der Waals surface area contributed by atoms with Gasteiger partial charge < -0.3 is 14.6 Å². The summed E-state index contributed by atoms with van der Waals surface area (Å²) >= 11 is 2.87. The molecule has 1 N–H and O–H groups in total. The summed E-state index contributed by atoms with van der Waals surface area (Å²) in [6.07, 6.45) is 3.72. The third-order valence-electron chi connectivity index (χ3n) is 3.35. The van der Waals surface area contributed by atoms with Crippen LogP contribution in [0.25, 0.3) is 0 Å². The third-order valence-corrected chi connectivity index (χ3v) is 5.47. The van der Waals surface area contributed by atoms with Gasteiger partial charge in [-0.1, -0.05) is 23.1 Å². The SMILES string of the molecule is CCn1ccnc1SCc1nnc(C(=O)Nc2ccc(OC)cc2)s1. The van der Waals surface area contributed by atoms with Gasteiger partial charge in [0.25, 0.3) is 5.91 Å². The molecule has 7 nitrogen and oxygen atoms in total. The summed E-state index contributed by atoms with van der Waals surface area (Å²) in [6, 6.07) is 7.12. The molecule has 3 rings (SSSR count). The molecule has 0 radical (unpaired) electrons. The number of hydrogen-bond acceptors (Lipinski definition) is 7. The minimum atomic E-state index is -0.269. The van der Waals surface area contributed by atoms with Gasteiger partial charge in [0.2, 0.25) is 5.01 Å². The Morgan fingerprint density at radius 3 is 2.84 bits per heavy atom. The van der Waals surface area contributed by atoms with E-state index in [1.54, 1.807) is 49.3 Å². The summed E-state index contributed by atoms with van der Waals surface area (Å²) in [5.74, 6) is 1.09. The van der Waals surface area contributed by atoms with Crippen LogP contribution in [0.4, 0.5) is 5.69 Å². The molecule has 0 bridgehead atoms. The number of nitrogens with one attached hydrogen (secondary N) is 1. The number of thioether (sulfide) groups is 1. The summed E-state index contributed by atoms with van der Waals surface area (Å²) in [6.45, 7) is 2.94. The number of anilines is 1. The van der Waals surface area contributed by atoms with E-state index in [1.165, 1.54) is 11.3 Å². The lowest BCUT2D eigenvalue weighted by Crippen LogP contribution is -2.11. The van der Waals surface area contributed by atoms with Crippen LogP contribution in [0.2, 0.25) is 0 Å². The zero-order chi connectivity index (χ0) is 17.6. The Morgan fingerprint density at radius 1 is 1.32 bits per heavy atom. The Kier molecular flexibility index (Phi) is 5.67. The molecule has 1 aromatic carbocycles. The lowest BCUT2D eigenvalue weighted by molar-refractivity contribution is 0.102. The lowest BCUT2D eigenvalue weighted by Gasteiger charge is -2.04. The Morgan fingerprint density at radius 2 is 2.12 bits per heavy atom. The minimum absolute atomic E-state index is 0.269. The van der Waals surface area contributed by atoms with Gasteiger partial charge in [-0.05, 0) is 31.2 Å². The first-order valence-electron chi connectivity index (χ1n) is 7.61.